The molecule has 1 saturated heterocycles. The molecule has 0 unspecified atom stereocenters. The van der Waals surface area contributed by atoms with E-state index >= 15 is 0 Å². The fourth-order valence-corrected chi connectivity index (χ4v) is 3.26. The van der Waals surface area contributed by atoms with Gasteiger partial charge in [0.05, 0.1) is 24.0 Å². The smallest absolute Gasteiger partial charge is 0.274 e. The lowest BCUT2D eigenvalue weighted by Gasteiger charge is -2.19. The van der Waals surface area contributed by atoms with E-state index in [1.165, 1.54) is 0 Å². The van der Waals surface area contributed by atoms with Crippen molar-refractivity contribution in [3.8, 4) is 5.75 Å². The average Bonchev–Trinajstić information content (AvgIpc) is 3.13. The Hall–Kier alpha value is -3.41. The number of para-hydroxylation sites is 2. The summed E-state index contributed by atoms with van der Waals surface area (Å²) >= 11 is 0. The van der Waals surface area contributed by atoms with E-state index < -0.39 is 0 Å². The van der Waals surface area contributed by atoms with Gasteiger partial charge in [0.15, 0.2) is 0 Å². The van der Waals surface area contributed by atoms with Gasteiger partial charge >= 0.3 is 0 Å². The molecule has 1 fully saturated rings. The molecule has 3 aromatic rings. The number of pyridine rings is 1. The third kappa shape index (κ3) is 3.33. The highest BCUT2D eigenvalue weighted by Gasteiger charge is 2.24. The zero-order chi connectivity index (χ0) is 18.8. The van der Waals surface area contributed by atoms with E-state index in [2.05, 4.69) is 10.3 Å². The van der Waals surface area contributed by atoms with Crippen molar-refractivity contribution in [3.05, 3.63) is 60.3 Å². The summed E-state index contributed by atoms with van der Waals surface area (Å²) in [6.07, 6.45) is 1.37. The van der Waals surface area contributed by atoms with Gasteiger partial charge in [-0.2, -0.15) is 0 Å². The van der Waals surface area contributed by atoms with Crippen LogP contribution < -0.4 is 15.0 Å². The number of nitrogens with one attached hydrogen (secondary N) is 1. The molecule has 1 N–H and O–H groups in total. The lowest BCUT2D eigenvalue weighted by atomic mass is 10.2. The predicted molar refractivity (Wildman–Crippen MR) is 104 cm³/mol. The van der Waals surface area contributed by atoms with E-state index in [0.29, 0.717) is 29.9 Å². The Bertz CT molecular complexity index is 1030. The van der Waals surface area contributed by atoms with Crippen LogP contribution in [0.1, 0.15) is 23.3 Å². The fourth-order valence-electron chi connectivity index (χ4n) is 3.26. The molecule has 0 bridgehead atoms. The van der Waals surface area contributed by atoms with Crippen molar-refractivity contribution >= 4 is 34.1 Å². The van der Waals surface area contributed by atoms with Crippen LogP contribution in [0.15, 0.2) is 54.6 Å². The van der Waals surface area contributed by atoms with Gasteiger partial charge in [-0.05, 0) is 42.8 Å². The van der Waals surface area contributed by atoms with E-state index in [1.54, 1.807) is 24.1 Å². The zero-order valence-corrected chi connectivity index (χ0v) is 14.9. The summed E-state index contributed by atoms with van der Waals surface area (Å²) in [5, 5.41) is 3.79. The maximum atomic E-state index is 12.7. The second-order valence-corrected chi connectivity index (χ2v) is 6.38. The van der Waals surface area contributed by atoms with Gasteiger partial charge in [0, 0.05) is 18.4 Å². The molecule has 6 heteroatoms. The van der Waals surface area contributed by atoms with E-state index in [-0.39, 0.29) is 11.8 Å². The monoisotopic (exact) mass is 361 g/mol. The fraction of sp³-hybridized carbons (Fsp3) is 0.190. The van der Waals surface area contributed by atoms with Crippen LogP contribution in [0, 0.1) is 0 Å². The number of nitrogens with zero attached hydrogens (tertiary/aromatic N) is 2. The van der Waals surface area contributed by atoms with Gasteiger partial charge in [-0.1, -0.05) is 18.2 Å². The molecule has 136 valence electrons. The minimum atomic E-state index is -0.313. The summed E-state index contributed by atoms with van der Waals surface area (Å²) in [5.74, 6) is 0.506. The summed E-state index contributed by atoms with van der Waals surface area (Å²) in [4.78, 5) is 31.0. The maximum absolute atomic E-state index is 12.7. The van der Waals surface area contributed by atoms with Crippen molar-refractivity contribution in [1.82, 2.24) is 4.98 Å². The van der Waals surface area contributed by atoms with Gasteiger partial charge in [-0.15, -0.1) is 0 Å². The van der Waals surface area contributed by atoms with E-state index in [0.717, 1.165) is 23.2 Å². The number of carbonyl (C=O) groups is 2. The van der Waals surface area contributed by atoms with Crippen LogP contribution in [-0.4, -0.2) is 30.5 Å². The molecule has 2 amide bonds. The molecule has 6 nitrogen and oxygen atoms in total. The Labute approximate surface area is 156 Å². The van der Waals surface area contributed by atoms with Gasteiger partial charge in [0.2, 0.25) is 5.91 Å². The minimum Gasteiger partial charge on any atom is -0.497 e. The first-order valence-electron chi connectivity index (χ1n) is 8.81. The van der Waals surface area contributed by atoms with Crippen molar-refractivity contribution < 1.29 is 14.3 Å². The van der Waals surface area contributed by atoms with Crippen molar-refractivity contribution in [2.45, 2.75) is 12.8 Å². The molecule has 0 spiro atoms. The SMILES string of the molecule is COc1ccc2nc(C(=O)Nc3ccccc3N3CCCC3=O)ccc2c1. The zero-order valence-electron chi connectivity index (χ0n) is 14.9. The first-order valence-corrected chi connectivity index (χ1v) is 8.81. The molecule has 1 aliphatic rings. The van der Waals surface area contributed by atoms with E-state index in [9.17, 15) is 9.59 Å². The van der Waals surface area contributed by atoms with Crippen molar-refractivity contribution in [1.29, 1.82) is 0 Å². The number of carbonyl (C=O) groups excluding carboxylic acids is 2. The lowest BCUT2D eigenvalue weighted by molar-refractivity contribution is -0.117. The van der Waals surface area contributed by atoms with Crippen molar-refractivity contribution in [2.24, 2.45) is 0 Å². The first-order chi connectivity index (χ1) is 13.2. The van der Waals surface area contributed by atoms with Crippen LogP contribution >= 0.6 is 0 Å². The second kappa shape index (κ2) is 7.07. The van der Waals surface area contributed by atoms with Crippen molar-refractivity contribution in [2.75, 3.05) is 23.9 Å². The molecular formula is C21H19N3O3. The number of methoxy groups -OCH3 is 1. The third-order valence-corrected chi connectivity index (χ3v) is 4.65. The van der Waals surface area contributed by atoms with Crippen LogP contribution in [0.5, 0.6) is 5.75 Å². The predicted octanol–water partition coefficient (Wildman–Crippen LogP) is 3.62. The molecule has 27 heavy (non-hydrogen) atoms. The van der Waals surface area contributed by atoms with Gasteiger partial charge in [-0.25, -0.2) is 4.98 Å². The number of hydrogen-bond acceptors (Lipinski definition) is 4. The number of hydrogen-bond donors (Lipinski definition) is 1. The van der Waals surface area contributed by atoms with Crippen LogP contribution in [0.25, 0.3) is 10.9 Å². The number of benzene rings is 2. The number of amides is 2. The first kappa shape index (κ1) is 17.0. The molecule has 1 aromatic heterocycles. The van der Waals surface area contributed by atoms with Gasteiger partial charge in [-0.3, -0.25) is 9.59 Å². The summed E-state index contributed by atoms with van der Waals surface area (Å²) in [6.45, 7) is 0.668. The summed E-state index contributed by atoms with van der Waals surface area (Å²) in [7, 11) is 1.61. The minimum absolute atomic E-state index is 0.0782. The Balaban J connectivity index is 1.61. The van der Waals surface area contributed by atoms with E-state index in [1.807, 2.05) is 42.5 Å². The van der Waals surface area contributed by atoms with E-state index in [4.69, 9.17) is 4.74 Å². The highest BCUT2D eigenvalue weighted by Crippen LogP contribution is 2.29. The largest absolute Gasteiger partial charge is 0.497 e. The second-order valence-electron chi connectivity index (χ2n) is 6.38. The molecular weight excluding hydrogens is 342 g/mol. The Morgan fingerprint density at radius 3 is 2.78 bits per heavy atom. The summed E-state index contributed by atoms with van der Waals surface area (Å²) in [6, 6.07) is 16.4. The van der Waals surface area contributed by atoms with Gasteiger partial charge in [0.1, 0.15) is 11.4 Å². The molecule has 0 atom stereocenters. The quantitative estimate of drug-likeness (QED) is 0.770. The van der Waals surface area contributed by atoms with Crippen molar-refractivity contribution in [3.63, 3.8) is 0 Å². The lowest BCUT2D eigenvalue weighted by Crippen LogP contribution is -2.25. The number of fused-ring (bicyclic) bond motifs is 1. The number of anilines is 2. The van der Waals surface area contributed by atoms with Crippen LogP contribution in [-0.2, 0) is 4.79 Å². The molecule has 2 heterocycles. The standard InChI is InChI=1S/C21H19N3O3/c1-27-15-9-11-16-14(13-15)8-10-18(22-16)21(26)23-17-5-2-3-6-19(17)24-12-4-7-20(24)25/h2-3,5-6,8-11,13H,4,7,12H2,1H3,(H,23,26). The number of aromatic nitrogens is 1. The number of ether oxygens (including phenoxy) is 1. The third-order valence-electron chi connectivity index (χ3n) is 4.65. The van der Waals surface area contributed by atoms with Crippen LogP contribution in [0.2, 0.25) is 0 Å². The van der Waals surface area contributed by atoms with Crippen LogP contribution in [0.4, 0.5) is 11.4 Å². The normalized spacial score (nSPS) is 13.8. The summed E-state index contributed by atoms with van der Waals surface area (Å²) in [5.41, 5.74) is 2.36. The highest BCUT2D eigenvalue weighted by molar-refractivity contribution is 6.07. The van der Waals surface area contributed by atoms with Crippen LogP contribution in [0.3, 0.4) is 0 Å². The molecule has 0 aliphatic carbocycles. The summed E-state index contributed by atoms with van der Waals surface area (Å²) < 4.78 is 5.21. The van der Waals surface area contributed by atoms with Gasteiger partial charge < -0.3 is 15.0 Å². The average molecular weight is 361 g/mol. The van der Waals surface area contributed by atoms with Gasteiger partial charge in [0.25, 0.3) is 5.91 Å². The number of rotatable bonds is 4. The maximum Gasteiger partial charge on any atom is 0.274 e. The Kier molecular flexibility index (Phi) is 4.46. The molecule has 2 aromatic carbocycles. The molecule has 4 rings (SSSR count). The molecule has 0 radical (unpaired) electrons. The Morgan fingerprint density at radius 2 is 2.00 bits per heavy atom. The molecule has 0 saturated carbocycles. The Morgan fingerprint density at radius 1 is 1.15 bits per heavy atom. The highest BCUT2D eigenvalue weighted by atomic mass is 16.5. The topological polar surface area (TPSA) is 71.5 Å². The molecule has 1 aliphatic heterocycles.